The van der Waals surface area contributed by atoms with Gasteiger partial charge in [-0.3, -0.25) is 14.9 Å². The number of rotatable bonds is 7. The molecule has 2 aromatic carbocycles. The van der Waals surface area contributed by atoms with Crippen LogP contribution in [0.1, 0.15) is 5.56 Å². The van der Waals surface area contributed by atoms with Gasteiger partial charge in [0.1, 0.15) is 0 Å². The molecule has 0 atom stereocenters. The van der Waals surface area contributed by atoms with Gasteiger partial charge >= 0.3 is 0 Å². The molecule has 1 amide bonds. The van der Waals surface area contributed by atoms with Gasteiger partial charge in [-0.05, 0) is 17.7 Å². The highest BCUT2D eigenvalue weighted by Crippen LogP contribution is 2.26. The first-order chi connectivity index (χ1) is 14.3. The Morgan fingerprint density at radius 2 is 1.77 bits per heavy atom. The summed E-state index contributed by atoms with van der Waals surface area (Å²) in [5.74, 6) is -0.153. The van der Waals surface area contributed by atoms with E-state index in [2.05, 4.69) is 5.32 Å². The van der Waals surface area contributed by atoms with Crippen molar-refractivity contribution in [2.75, 3.05) is 32.7 Å². The summed E-state index contributed by atoms with van der Waals surface area (Å²) in [6.45, 7) is 1.76. The van der Waals surface area contributed by atoms with Gasteiger partial charge in [-0.1, -0.05) is 41.9 Å². The second-order valence-electron chi connectivity index (χ2n) is 6.92. The molecule has 0 aliphatic carbocycles. The highest BCUT2D eigenvalue weighted by atomic mass is 35.5. The molecule has 9 nitrogen and oxygen atoms in total. The maximum Gasteiger partial charge on any atom is 0.289 e. The van der Waals surface area contributed by atoms with Crippen molar-refractivity contribution in [3.63, 3.8) is 0 Å². The minimum atomic E-state index is -3.98. The summed E-state index contributed by atoms with van der Waals surface area (Å²) in [5, 5.41) is 14.6. The van der Waals surface area contributed by atoms with Crippen molar-refractivity contribution in [1.29, 1.82) is 0 Å². The van der Waals surface area contributed by atoms with Crippen LogP contribution in [0, 0.1) is 10.1 Å². The van der Waals surface area contributed by atoms with Gasteiger partial charge in [0.2, 0.25) is 10.0 Å². The normalized spacial score (nSPS) is 15.6. The van der Waals surface area contributed by atoms with Crippen molar-refractivity contribution in [1.82, 2.24) is 9.62 Å². The fourth-order valence-corrected chi connectivity index (χ4v) is 5.11. The third-order valence-electron chi connectivity index (χ3n) is 4.95. The van der Waals surface area contributed by atoms with Crippen LogP contribution in [0.15, 0.2) is 53.4 Å². The summed E-state index contributed by atoms with van der Waals surface area (Å²) in [4.78, 5) is 23.3. The van der Waals surface area contributed by atoms with Crippen molar-refractivity contribution in [2.24, 2.45) is 0 Å². The van der Waals surface area contributed by atoms with Gasteiger partial charge in [-0.2, -0.15) is 4.31 Å². The summed E-state index contributed by atoms with van der Waals surface area (Å²) >= 11 is 6.08. The SMILES string of the molecule is O=C(C[NH+]1CCN(S(=O)(=O)c2ccccc2[N+](=O)[O-])CC1)NCc1ccccc1Cl. The molecular weight excluding hydrogens is 432 g/mol. The van der Waals surface area contributed by atoms with E-state index in [0.717, 1.165) is 10.5 Å². The van der Waals surface area contributed by atoms with E-state index in [4.69, 9.17) is 11.6 Å². The topological polar surface area (TPSA) is 114 Å². The molecule has 0 spiro atoms. The number of quaternary nitrogens is 1. The van der Waals surface area contributed by atoms with Crippen LogP contribution in [-0.2, 0) is 21.4 Å². The molecule has 2 N–H and O–H groups in total. The van der Waals surface area contributed by atoms with E-state index in [1.807, 2.05) is 18.2 Å². The molecule has 3 rings (SSSR count). The van der Waals surface area contributed by atoms with E-state index in [-0.39, 0.29) is 30.4 Å². The number of sulfonamides is 1. The Kier molecular flexibility index (Phi) is 7.03. The first-order valence-corrected chi connectivity index (χ1v) is 11.2. The molecule has 11 heteroatoms. The summed E-state index contributed by atoms with van der Waals surface area (Å²) in [6.07, 6.45) is 0. The van der Waals surface area contributed by atoms with Crippen LogP contribution in [0.3, 0.4) is 0 Å². The van der Waals surface area contributed by atoms with E-state index >= 15 is 0 Å². The Morgan fingerprint density at radius 3 is 2.43 bits per heavy atom. The molecule has 0 bridgehead atoms. The zero-order chi connectivity index (χ0) is 21.7. The average molecular weight is 454 g/mol. The Labute approximate surface area is 179 Å². The molecule has 1 fully saturated rings. The van der Waals surface area contributed by atoms with Gasteiger partial charge in [-0.25, -0.2) is 8.42 Å². The van der Waals surface area contributed by atoms with Crippen LogP contribution in [0.25, 0.3) is 0 Å². The van der Waals surface area contributed by atoms with Crippen molar-refractivity contribution in [2.45, 2.75) is 11.4 Å². The number of piperazine rings is 1. The molecule has 1 aliphatic heterocycles. The first-order valence-electron chi connectivity index (χ1n) is 9.36. The first kappa shape index (κ1) is 22.2. The number of hydrogen-bond acceptors (Lipinski definition) is 5. The number of carbonyl (C=O) groups is 1. The molecule has 30 heavy (non-hydrogen) atoms. The largest absolute Gasteiger partial charge is 0.347 e. The number of nitro groups is 1. The molecule has 0 unspecified atom stereocenters. The standard InChI is InChI=1S/C19H21ClN4O5S/c20-16-6-2-1-5-15(16)13-21-19(25)14-22-9-11-23(12-10-22)30(28,29)18-8-4-3-7-17(18)24(26)27/h1-8H,9-14H2,(H,21,25)/p+1. The maximum absolute atomic E-state index is 12.9. The van der Waals surface area contributed by atoms with E-state index in [9.17, 15) is 23.3 Å². The number of nitro benzene ring substituents is 1. The third-order valence-corrected chi connectivity index (χ3v) is 7.27. The van der Waals surface area contributed by atoms with Crippen LogP contribution < -0.4 is 10.2 Å². The molecule has 0 radical (unpaired) electrons. The summed E-state index contributed by atoms with van der Waals surface area (Å²) in [6, 6.07) is 12.6. The van der Waals surface area contributed by atoms with Crippen molar-refractivity contribution < 1.29 is 23.0 Å². The fraction of sp³-hybridized carbons (Fsp3) is 0.316. The van der Waals surface area contributed by atoms with E-state index < -0.39 is 20.6 Å². The van der Waals surface area contributed by atoms with Crippen molar-refractivity contribution in [3.8, 4) is 0 Å². The summed E-state index contributed by atoms with van der Waals surface area (Å²) < 4.78 is 26.9. The highest BCUT2D eigenvalue weighted by molar-refractivity contribution is 7.89. The Hall–Kier alpha value is -2.53. The molecule has 160 valence electrons. The lowest BCUT2D eigenvalue weighted by molar-refractivity contribution is -0.895. The van der Waals surface area contributed by atoms with Gasteiger partial charge in [0.15, 0.2) is 11.4 Å². The van der Waals surface area contributed by atoms with Crippen LogP contribution in [0.5, 0.6) is 0 Å². The highest BCUT2D eigenvalue weighted by Gasteiger charge is 2.35. The van der Waals surface area contributed by atoms with Gasteiger partial charge in [0.05, 0.1) is 31.1 Å². The van der Waals surface area contributed by atoms with Crippen LogP contribution in [0.2, 0.25) is 5.02 Å². The molecule has 2 aromatic rings. The molecule has 1 heterocycles. The molecule has 1 aliphatic rings. The summed E-state index contributed by atoms with van der Waals surface area (Å²) in [5.41, 5.74) is 0.383. The van der Waals surface area contributed by atoms with E-state index in [1.165, 1.54) is 28.6 Å². The van der Waals surface area contributed by atoms with E-state index in [1.54, 1.807) is 6.07 Å². The minimum Gasteiger partial charge on any atom is -0.347 e. The molecule has 1 saturated heterocycles. The van der Waals surface area contributed by atoms with E-state index in [0.29, 0.717) is 24.7 Å². The Bertz CT molecular complexity index is 1040. The number of benzene rings is 2. The number of carbonyl (C=O) groups excluding carboxylic acids is 1. The monoisotopic (exact) mass is 453 g/mol. The Balaban J connectivity index is 1.55. The third kappa shape index (κ3) is 5.14. The average Bonchev–Trinajstić information content (AvgIpc) is 2.73. The number of nitrogens with one attached hydrogen (secondary N) is 2. The quantitative estimate of drug-likeness (QED) is 0.467. The molecule has 0 saturated carbocycles. The number of nitrogens with zero attached hydrogens (tertiary/aromatic N) is 2. The van der Waals surface area contributed by atoms with Gasteiger partial charge < -0.3 is 10.2 Å². The van der Waals surface area contributed by atoms with Gasteiger partial charge in [-0.15, -0.1) is 0 Å². The van der Waals surface area contributed by atoms with Gasteiger partial charge in [0, 0.05) is 17.6 Å². The zero-order valence-corrected chi connectivity index (χ0v) is 17.7. The zero-order valence-electron chi connectivity index (χ0n) is 16.1. The predicted molar refractivity (Wildman–Crippen MR) is 111 cm³/mol. The number of para-hydroxylation sites is 1. The predicted octanol–water partition coefficient (Wildman–Crippen LogP) is 0.454. The van der Waals surface area contributed by atoms with Crippen molar-refractivity contribution in [3.05, 3.63) is 69.2 Å². The second kappa shape index (κ2) is 9.52. The molecule has 0 aromatic heterocycles. The fourth-order valence-electron chi connectivity index (χ4n) is 3.31. The number of halogens is 1. The number of hydrogen-bond donors (Lipinski definition) is 2. The van der Waals surface area contributed by atoms with Crippen molar-refractivity contribution >= 4 is 33.2 Å². The lowest BCUT2D eigenvalue weighted by Crippen LogP contribution is -3.15. The molecular formula is C19H22ClN4O5S+. The Morgan fingerprint density at radius 1 is 1.13 bits per heavy atom. The smallest absolute Gasteiger partial charge is 0.289 e. The van der Waals surface area contributed by atoms with Crippen LogP contribution in [-0.4, -0.2) is 56.3 Å². The maximum atomic E-state index is 12.9. The summed E-state index contributed by atoms with van der Waals surface area (Å²) in [7, 11) is -3.98. The minimum absolute atomic E-state index is 0.153. The van der Waals surface area contributed by atoms with Crippen LogP contribution in [0.4, 0.5) is 5.69 Å². The lowest BCUT2D eigenvalue weighted by Gasteiger charge is -2.31. The number of amides is 1. The van der Waals surface area contributed by atoms with Crippen LogP contribution >= 0.6 is 11.6 Å². The second-order valence-corrected chi connectivity index (χ2v) is 9.24. The van der Waals surface area contributed by atoms with Gasteiger partial charge in [0.25, 0.3) is 11.6 Å². The lowest BCUT2D eigenvalue weighted by atomic mass is 10.2.